The van der Waals surface area contributed by atoms with E-state index in [-0.39, 0.29) is 5.41 Å². The number of hydrogen-bond acceptors (Lipinski definition) is 3. The molecular weight excluding hydrogens is 138 g/mol. The molecule has 0 spiro atoms. The Bertz CT molecular complexity index is 203. The summed E-state index contributed by atoms with van der Waals surface area (Å²) in [4.78, 5) is 0. The lowest BCUT2D eigenvalue weighted by Crippen LogP contribution is -2.31. The highest BCUT2D eigenvalue weighted by molar-refractivity contribution is 6.02. The van der Waals surface area contributed by atoms with Crippen LogP contribution in [0.4, 0.5) is 0 Å². The first-order chi connectivity index (χ1) is 5.06. The van der Waals surface area contributed by atoms with Crippen LogP contribution in [0, 0.1) is 5.41 Å². The van der Waals surface area contributed by atoms with Crippen LogP contribution in [0.15, 0.2) is 10.2 Å². The number of rotatable bonds is 1. The van der Waals surface area contributed by atoms with Crippen LogP contribution < -0.4 is 0 Å². The van der Waals surface area contributed by atoms with Crippen molar-refractivity contribution < 1.29 is 0 Å². The molecule has 0 bridgehead atoms. The van der Waals surface area contributed by atoms with Crippen molar-refractivity contribution >= 4 is 11.9 Å². The quantitative estimate of drug-likeness (QED) is 0.563. The Balaban J connectivity index is 2.87. The average Bonchev–Trinajstić information content (AvgIpc) is 1.94. The molecule has 0 aromatic rings. The summed E-state index contributed by atoms with van der Waals surface area (Å²) in [6.45, 7) is 6.38. The van der Waals surface area contributed by atoms with Crippen LogP contribution in [0.3, 0.4) is 0 Å². The van der Waals surface area contributed by atoms with Crippen molar-refractivity contribution in [2.75, 3.05) is 7.05 Å². The van der Waals surface area contributed by atoms with E-state index in [1.54, 1.807) is 5.12 Å². The van der Waals surface area contributed by atoms with Crippen LogP contribution in [0.2, 0.25) is 0 Å². The summed E-state index contributed by atoms with van der Waals surface area (Å²) in [5.74, 6) is 0. The fourth-order valence-corrected chi connectivity index (χ4v) is 1.16. The van der Waals surface area contributed by atoms with Crippen molar-refractivity contribution in [3.8, 4) is 0 Å². The van der Waals surface area contributed by atoms with Crippen molar-refractivity contribution in [3.63, 3.8) is 0 Å². The molecule has 0 aromatic heterocycles. The first-order valence-electron chi connectivity index (χ1n) is 3.93. The second kappa shape index (κ2) is 2.64. The maximum absolute atomic E-state index is 4.31. The molecule has 0 radical (unpaired) electrons. The highest BCUT2D eigenvalue weighted by atomic mass is 15.6. The van der Waals surface area contributed by atoms with Gasteiger partial charge in [-0.05, 0) is 20.3 Å². The fourth-order valence-electron chi connectivity index (χ4n) is 1.16. The van der Waals surface area contributed by atoms with Gasteiger partial charge in [0, 0.05) is 18.7 Å². The van der Waals surface area contributed by atoms with Crippen LogP contribution in [-0.4, -0.2) is 24.1 Å². The molecule has 0 aromatic carbocycles. The van der Waals surface area contributed by atoms with Gasteiger partial charge in [-0.3, -0.25) is 0 Å². The van der Waals surface area contributed by atoms with E-state index in [2.05, 4.69) is 31.0 Å². The molecule has 3 heteroatoms. The van der Waals surface area contributed by atoms with Crippen molar-refractivity contribution in [2.24, 2.45) is 15.6 Å². The largest absolute Gasteiger partial charge is 0.188 e. The van der Waals surface area contributed by atoms with E-state index < -0.39 is 0 Å². The smallest absolute Gasteiger partial charge is 0.0508 e. The molecule has 0 aliphatic carbocycles. The van der Waals surface area contributed by atoms with Crippen molar-refractivity contribution in [1.82, 2.24) is 5.12 Å². The summed E-state index contributed by atoms with van der Waals surface area (Å²) < 4.78 is 0. The Morgan fingerprint density at radius 2 is 2.18 bits per heavy atom. The summed E-state index contributed by atoms with van der Waals surface area (Å²) in [5, 5.41) is 10.0. The maximum atomic E-state index is 4.31. The normalized spacial score (nSPS) is 21.8. The van der Waals surface area contributed by atoms with Crippen molar-refractivity contribution in [1.29, 1.82) is 0 Å². The minimum atomic E-state index is 0.0429. The third-order valence-corrected chi connectivity index (χ3v) is 1.89. The summed E-state index contributed by atoms with van der Waals surface area (Å²) in [6.07, 6.45) is 2.93. The number of nitrogens with zero attached hydrogens (tertiary/aromatic N) is 3. The Morgan fingerprint density at radius 1 is 1.55 bits per heavy atom. The zero-order valence-electron chi connectivity index (χ0n) is 7.63. The number of hydrazone groups is 2. The first-order valence-corrected chi connectivity index (χ1v) is 3.93. The second-order valence-corrected chi connectivity index (χ2v) is 3.36. The van der Waals surface area contributed by atoms with Gasteiger partial charge in [-0.15, -0.1) is 0 Å². The number of hydrogen-bond donors (Lipinski definition) is 0. The molecule has 1 aliphatic heterocycles. The molecule has 0 saturated heterocycles. The van der Waals surface area contributed by atoms with Gasteiger partial charge in [0.1, 0.15) is 0 Å². The van der Waals surface area contributed by atoms with E-state index in [1.807, 2.05) is 13.3 Å². The van der Waals surface area contributed by atoms with Crippen LogP contribution in [0.25, 0.3) is 0 Å². The predicted octanol–water partition coefficient (Wildman–Crippen LogP) is 1.71. The van der Waals surface area contributed by atoms with Crippen molar-refractivity contribution in [2.45, 2.75) is 27.2 Å². The van der Waals surface area contributed by atoms with Gasteiger partial charge < -0.3 is 0 Å². The SMILES string of the molecule is CCC1=NN(C)N=CC1(C)C. The van der Waals surface area contributed by atoms with Crippen LogP contribution in [0.5, 0.6) is 0 Å². The Kier molecular flexibility index (Phi) is 1.98. The predicted molar refractivity (Wildman–Crippen MR) is 47.8 cm³/mol. The lowest BCUT2D eigenvalue weighted by molar-refractivity contribution is 0.358. The Labute approximate surface area is 67.8 Å². The van der Waals surface area contributed by atoms with Gasteiger partial charge in [0.05, 0.1) is 5.71 Å². The molecule has 0 saturated carbocycles. The van der Waals surface area contributed by atoms with Gasteiger partial charge in [-0.1, -0.05) is 6.92 Å². The van der Waals surface area contributed by atoms with E-state index in [9.17, 15) is 0 Å². The molecule has 1 heterocycles. The van der Waals surface area contributed by atoms with Gasteiger partial charge in [-0.25, -0.2) is 0 Å². The molecule has 0 atom stereocenters. The minimum Gasteiger partial charge on any atom is -0.188 e. The topological polar surface area (TPSA) is 28.0 Å². The van der Waals surface area contributed by atoms with Crippen LogP contribution in [0.1, 0.15) is 27.2 Å². The lowest BCUT2D eigenvalue weighted by atomic mass is 9.87. The Morgan fingerprint density at radius 3 is 2.64 bits per heavy atom. The van der Waals surface area contributed by atoms with E-state index in [1.165, 1.54) is 5.71 Å². The summed E-state index contributed by atoms with van der Waals surface area (Å²) >= 11 is 0. The zero-order chi connectivity index (χ0) is 8.48. The summed E-state index contributed by atoms with van der Waals surface area (Å²) in [6, 6.07) is 0. The molecule has 0 unspecified atom stereocenters. The van der Waals surface area contributed by atoms with Crippen molar-refractivity contribution in [3.05, 3.63) is 0 Å². The standard InChI is InChI=1S/C8H15N3/c1-5-7-8(2,3)6-9-11(4)10-7/h6H,5H2,1-4H3. The minimum absolute atomic E-state index is 0.0429. The summed E-state index contributed by atoms with van der Waals surface area (Å²) in [5.41, 5.74) is 1.23. The molecule has 1 rings (SSSR count). The van der Waals surface area contributed by atoms with E-state index >= 15 is 0 Å². The van der Waals surface area contributed by atoms with Crippen LogP contribution in [-0.2, 0) is 0 Å². The average molecular weight is 153 g/mol. The molecule has 11 heavy (non-hydrogen) atoms. The van der Waals surface area contributed by atoms with Crippen LogP contribution >= 0.6 is 0 Å². The van der Waals surface area contributed by atoms with Gasteiger partial charge in [0.15, 0.2) is 0 Å². The molecule has 0 fully saturated rings. The molecule has 0 amide bonds. The molecule has 62 valence electrons. The zero-order valence-corrected chi connectivity index (χ0v) is 7.63. The maximum Gasteiger partial charge on any atom is 0.0508 e. The highest BCUT2D eigenvalue weighted by Gasteiger charge is 2.24. The highest BCUT2D eigenvalue weighted by Crippen LogP contribution is 2.20. The monoisotopic (exact) mass is 153 g/mol. The van der Waals surface area contributed by atoms with E-state index in [4.69, 9.17) is 0 Å². The van der Waals surface area contributed by atoms with Gasteiger partial charge in [-0.2, -0.15) is 15.3 Å². The first kappa shape index (κ1) is 8.24. The van der Waals surface area contributed by atoms with E-state index in [0.717, 1.165) is 6.42 Å². The second-order valence-electron chi connectivity index (χ2n) is 3.36. The third kappa shape index (κ3) is 1.59. The Hall–Kier alpha value is -0.860. The van der Waals surface area contributed by atoms with Gasteiger partial charge >= 0.3 is 0 Å². The van der Waals surface area contributed by atoms with E-state index in [0.29, 0.717) is 0 Å². The lowest BCUT2D eigenvalue weighted by Gasteiger charge is -2.26. The molecular formula is C8H15N3. The van der Waals surface area contributed by atoms with Gasteiger partial charge in [0.2, 0.25) is 0 Å². The molecule has 1 aliphatic rings. The third-order valence-electron chi connectivity index (χ3n) is 1.89. The molecule has 0 N–H and O–H groups in total. The summed E-state index contributed by atoms with van der Waals surface area (Å²) in [7, 11) is 1.85. The van der Waals surface area contributed by atoms with Gasteiger partial charge in [0.25, 0.3) is 0 Å². The molecule has 3 nitrogen and oxygen atoms in total. The fraction of sp³-hybridized carbons (Fsp3) is 0.750.